The van der Waals surface area contributed by atoms with Crippen LogP contribution in [0.2, 0.25) is 0 Å². The fourth-order valence-electron chi connectivity index (χ4n) is 2.53. The molecular weight excluding hydrogens is 366 g/mol. The summed E-state index contributed by atoms with van der Waals surface area (Å²) < 4.78 is 27.3. The lowest BCUT2D eigenvalue weighted by Gasteiger charge is -2.23. The minimum atomic E-state index is -3.83. The average Bonchev–Trinajstić information content (AvgIpc) is 2.67. The van der Waals surface area contributed by atoms with Crippen molar-refractivity contribution in [2.75, 3.05) is 23.9 Å². The van der Waals surface area contributed by atoms with Crippen LogP contribution in [0, 0.1) is 0 Å². The molecule has 0 aliphatic carbocycles. The van der Waals surface area contributed by atoms with Crippen LogP contribution < -0.4 is 14.9 Å². The molecule has 144 valence electrons. The second-order valence-electron chi connectivity index (χ2n) is 5.67. The van der Waals surface area contributed by atoms with Crippen LogP contribution in [0.5, 0.6) is 0 Å². The molecule has 2 rings (SSSR count). The standard InChI is InChI=1S/C19H23N3O4S/c1-3-20-18(23)14-21-19(24)15-9-8-12-17(13-15)27(25,26)22(4-2)16-10-6-5-7-11-16/h5-13H,3-4,14H2,1-2H3,(H,20,23)(H,21,24). The van der Waals surface area contributed by atoms with Crippen LogP contribution in [-0.2, 0) is 14.8 Å². The van der Waals surface area contributed by atoms with Gasteiger partial charge in [-0.1, -0.05) is 24.3 Å². The van der Waals surface area contributed by atoms with E-state index in [9.17, 15) is 18.0 Å². The van der Waals surface area contributed by atoms with Crippen LogP contribution in [0.15, 0.2) is 59.5 Å². The number of amides is 2. The third-order valence-electron chi connectivity index (χ3n) is 3.80. The summed E-state index contributed by atoms with van der Waals surface area (Å²) in [4.78, 5) is 23.7. The van der Waals surface area contributed by atoms with Crippen LogP contribution in [0.1, 0.15) is 24.2 Å². The van der Waals surface area contributed by atoms with Crippen molar-refractivity contribution in [3.63, 3.8) is 0 Å². The van der Waals surface area contributed by atoms with Gasteiger partial charge in [-0.05, 0) is 44.2 Å². The van der Waals surface area contributed by atoms with Gasteiger partial charge in [-0.15, -0.1) is 0 Å². The molecule has 0 unspecified atom stereocenters. The first-order valence-electron chi connectivity index (χ1n) is 8.63. The van der Waals surface area contributed by atoms with Gasteiger partial charge in [0.2, 0.25) is 5.91 Å². The average molecular weight is 389 g/mol. The van der Waals surface area contributed by atoms with Crippen molar-refractivity contribution in [3.8, 4) is 0 Å². The lowest BCUT2D eigenvalue weighted by atomic mass is 10.2. The Labute approximate surface area is 159 Å². The zero-order chi connectivity index (χ0) is 19.9. The molecule has 0 aliphatic heterocycles. The predicted octanol–water partition coefficient (Wildman–Crippen LogP) is 1.77. The van der Waals surface area contributed by atoms with Crippen molar-refractivity contribution in [3.05, 3.63) is 60.2 Å². The molecular formula is C19H23N3O4S. The Balaban J connectivity index is 2.25. The van der Waals surface area contributed by atoms with Crippen LogP contribution in [0.4, 0.5) is 5.69 Å². The van der Waals surface area contributed by atoms with E-state index in [-0.39, 0.29) is 29.5 Å². The number of hydrogen-bond donors (Lipinski definition) is 2. The molecule has 0 atom stereocenters. The molecule has 2 aromatic rings. The number of sulfonamides is 1. The third kappa shape index (κ3) is 5.07. The van der Waals surface area contributed by atoms with E-state index in [1.807, 2.05) is 6.07 Å². The summed E-state index contributed by atoms with van der Waals surface area (Å²) in [5, 5.41) is 5.05. The van der Waals surface area contributed by atoms with E-state index >= 15 is 0 Å². The highest BCUT2D eigenvalue weighted by Gasteiger charge is 2.24. The SMILES string of the molecule is CCNC(=O)CNC(=O)c1cccc(S(=O)(=O)N(CC)c2ccccc2)c1. The topological polar surface area (TPSA) is 95.6 Å². The van der Waals surface area contributed by atoms with E-state index in [4.69, 9.17) is 0 Å². The third-order valence-corrected chi connectivity index (χ3v) is 5.70. The molecule has 0 spiro atoms. The van der Waals surface area contributed by atoms with E-state index in [1.54, 1.807) is 38.1 Å². The van der Waals surface area contributed by atoms with E-state index in [0.717, 1.165) is 0 Å². The van der Waals surface area contributed by atoms with Gasteiger partial charge in [0.25, 0.3) is 15.9 Å². The van der Waals surface area contributed by atoms with Crippen molar-refractivity contribution in [2.24, 2.45) is 0 Å². The van der Waals surface area contributed by atoms with Crippen molar-refractivity contribution in [1.29, 1.82) is 0 Å². The summed E-state index contributed by atoms with van der Waals surface area (Å²) in [5.74, 6) is -0.822. The van der Waals surface area contributed by atoms with Crippen LogP contribution in [-0.4, -0.2) is 39.9 Å². The number of carbonyl (C=O) groups excluding carboxylic acids is 2. The molecule has 0 aromatic heterocycles. The highest BCUT2D eigenvalue weighted by molar-refractivity contribution is 7.92. The zero-order valence-corrected chi connectivity index (χ0v) is 16.1. The first-order valence-corrected chi connectivity index (χ1v) is 10.1. The number of benzene rings is 2. The molecule has 0 saturated heterocycles. The highest BCUT2D eigenvalue weighted by atomic mass is 32.2. The molecule has 0 saturated carbocycles. The van der Waals surface area contributed by atoms with Gasteiger partial charge < -0.3 is 10.6 Å². The molecule has 0 fully saturated rings. The van der Waals surface area contributed by atoms with Gasteiger partial charge in [0, 0.05) is 18.7 Å². The fraction of sp³-hybridized carbons (Fsp3) is 0.263. The second kappa shape index (κ2) is 9.18. The van der Waals surface area contributed by atoms with Crippen LogP contribution in [0.3, 0.4) is 0 Å². The Kier molecular flexibility index (Phi) is 6.95. The number of nitrogens with one attached hydrogen (secondary N) is 2. The Morgan fingerprint density at radius 3 is 2.30 bits per heavy atom. The monoisotopic (exact) mass is 389 g/mol. The molecule has 0 radical (unpaired) electrons. The number of para-hydroxylation sites is 1. The number of hydrogen-bond acceptors (Lipinski definition) is 4. The summed E-state index contributed by atoms with van der Waals surface area (Å²) in [7, 11) is -3.83. The van der Waals surface area contributed by atoms with E-state index < -0.39 is 15.9 Å². The minimum Gasteiger partial charge on any atom is -0.355 e. The lowest BCUT2D eigenvalue weighted by Crippen LogP contribution is -2.37. The molecule has 0 heterocycles. The van der Waals surface area contributed by atoms with Crippen molar-refractivity contribution < 1.29 is 18.0 Å². The Hall–Kier alpha value is -2.87. The number of carbonyl (C=O) groups is 2. The van der Waals surface area contributed by atoms with Gasteiger partial charge >= 0.3 is 0 Å². The Morgan fingerprint density at radius 1 is 0.963 bits per heavy atom. The molecule has 27 heavy (non-hydrogen) atoms. The van der Waals surface area contributed by atoms with E-state index in [1.165, 1.54) is 28.6 Å². The number of likely N-dealkylation sites (N-methyl/N-ethyl adjacent to an activating group) is 1. The summed E-state index contributed by atoms with van der Waals surface area (Å²) in [6.07, 6.45) is 0. The lowest BCUT2D eigenvalue weighted by molar-refractivity contribution is -0.120. The van der Waals surface area contributed by atoms with Gasteiger partial charge in [0.05, 0.1) is 17.1 Å². The van der Waals surface area contributed by atoms with Crippen molar-refractivity contribution in [1.82, 2.24) is 10.6 Å². The summed E-state index contributed by atoms with van der Waals surface area (Å²) in [6, 6.07) is 14.5. The molecule has 2 aromatic carbocycles. The molecule has 2 amide bonds. The summed E-state index contributed by atoms with van der Waals surface area (Å²) >= 11 is 0. The molecule has 0 aliphatic rings. The maximum absolute atomic E-state index is 13.0. The molecule has 0 bridgehead atoms. The smallest absolute Gasteiger partial charge is 0.264 e. The minimum absolute atomic E-state index is 0.0128. The van der Waals surface area contributed by atoms with Crippen LogP contribution >= 0.6 is 0 Å². The predicted molar refractivity (Wildman–Crippen MR) is 104 cm³/mol. The number of nitrogens with zero attached hydrogens (tertiary/aromatic N) is 1. The summed E-state index contributed by atoms with van der Waals surface area (Å²) in [6.45, 7) is 4.07. The first-order chi connectivity index (χ1) is 12.9. The van der Waals surface area contributed by atoms with E-state index in [2.05, 4.69) is 10.6 Å². The largest absolute Gasteiger partial charge is 0.355 e. The van der Waals surface area contributed by atoms with Crippen molar-refractivity contribution in [2.45, 2.75) is 18.7 Å². The quantitative estimate of drug-likeness (QED) is 0.719. The summed E-state index contributed by atoms with van der Waals surface area (Å²) in [5.41, 5.74) is 0.718. The number of anilines is 1. The van der Waals surface area contributed by atoms with Gasteiger partial charge in [-0.2, -0.15) is 0 Å². The van der Waals surface area contributed by atoms with Gasteiger partial charge in [-0.3, -0.25) is 13.9 Å². The van der Waals surface area contributed by atoms with Gasteiger partial charge in [-0.25, -0.2) is 8.42 Å². The van der Waals surface area contributed by atoms with Gasteiger partial charge in [0.1, 0.15) is 0 Å². The van der Waals surface area contributed by atoms with Crippen LogP contribution in [0.25, 0.3) is 0 Å². The normalized spacial score (nSPS) is 10.9. The van der Waals surface area contributed by atoms with Crippen molar-refractivity contribution >= 4 is 27.5 Å². The second-order valence-corrected chi connectivity index (χ2v) is 7.53. The first kappa shape index (κ1) is 20.4. The highest BCUT2D eigenvalue weighted by Crippen LogP contribution is 2.23. The number of rotatable bonds is 8. The maximum atomic E-state index is 13.0. The van der Waals surface area contributed by atoms with E-state index in [0.29, 0.717) is 12.2 Å². The Bertz CT molecular complexity index is 898. The Morgan fingerprint density at radius 2 is 1.67 bits per heavy atom. The van der Waals surface area contributed by atoms with Gasteiger partial charge in [0.15, 0.2) is 0 Å². The zero-order valence-electron chi connectivity index (χ0n) is 15.3. The maximum Gasteiger partial charge on any atom is 0.264 e. The molecule has 7 nitrogen and oxygen atoms in total. The fourth-order valence-corrected chi connectivity index (χ4v) is 4.05. The molecule has 2 N–H and O–H groups in total. The molecule has 8 heteroatoms.